The van der Waals surface area contributed by atoms with Crippen LogP contribution in [-0.4, -0.2) is 21.6 Å². The summed E-state index contributed by atoms with van der Waals surface area (Å²) in [6, 6.07) is 13.3. The summed E-state index contributed by atoms with van der Waals surface area (Å²) in [4.78, 5) is 24.0. The molecule has 3 aromatic rings. The van der Waals surface area contributed by atoms with Crippen molar-refractivity contribution in [2.24, 2.45) is 0 Å². The second-order valence-corrected chi connectivity index (χ2v) is 6.31. The second kappa shape index (κ2) is 7.78. The van der Waals surface area contributed by atoms with Gasteiger partial charge in [0, 0.05) is 12.6 Å². The normalized spacial score (nSPS) is 11.2. The number of hydrogen-bond acceptors (Lipinski definition) is 3. The maximum absolute atomic E-state index is 13.1. The third kappa shape index (κ3) is 4.63. The number of carbonyl (C=O) groups excluding carboxylic acids is 2. The first kappa shape index (κ1) is 20.1. The molecule has 0 saturated heterocycles. The van der Waals surface area contributed by atoms with E-state index in [0.29, 0.717) is 5.69 Å². The Labute approximate surface area is 164 Å². The third-order valence-electron chi connectivity index (χ3n) is 4.03. The minimum Gasteiger partial charge on any atom is -0.325 e. The standard InChI is InChI=1S/C20H17F3N4O2/c1-12-10-18(26-27(12)15-6-4-3-5-7-15)19(29)25-17-11-14(20(21,22)23)8-9-16(17)24-13(2)28/h3-11H,1-2H3,(H,24,28)(H,25,29). The first-order chi connectivity index (χ1) is 13.6. The van der Waals surface area contributed by atoms with Crippen LogP contribution in [0.5, 0.6) is 0 Å². The third-order valence-corrected chi connectivity index (χ3v) is 4.03. The lowest BCUT2D eigenvalue weighted by Gasteiger charge is -2.14. The van der Waals surface area contributed by atoms with E-state index >= 15 is 0 Å². The molecule has 3 rings (SSSR count). The van der Waals surface area contributed by atoms with Crippen LogP contribution in [-0.2, 0) is 11.0 Å². The van der Waals surface area contributed by atoms with Gasteiger partial charge < -0.3 is 10.6 Å². The number of benzene rings is 2. The predicted molar refractivity (Wildman–Crippen MR) is 102 cm³/mol. The predicted octanol–water partition coefficient (Wildman–Crippen LogP) is 4.41. The van der Waals surface area contributed by atoms with Crippen molar-refractivity contribution in [3.8, 4) is 5.69 Å². The lowest BCUT2D eigenvalue weighted by Crippen LogP contribution is -2.17. The number of nitrogens with zero attached hydrogens (tertiary/aromatic N) is 2. The van der Waals surface area contributed by atoms with E-state index in [1.54, 1.807) is 11.6 Å². The van der Waals surface area contributed by atoms with Crippen molar-refractivity contribution in [2.45, 2.75) is 20.0 Å². The van der Waals surface area contributed by atoms with Gasteiger partial charge in [0.05, 0.1) is 22.6 Å². The number of hydrogen-bond donors (Lipinski definition) is 2. The van der Waals surface area contributed by atoms with Crippen LogP contribution in [0, 0.1) is 6.92 Å². The molecule has 9 heteroatoms. The van der Waals surface area contributed by atoms with E-state index < -0.39 is 23.6 Å². The summed E-state index contributed by atoms with van der Waals surface area (Å²) < 4.78 is 40.7. The van der Waals surface area contributed by atoms with Crippen LogP contribution in [0.25, 0.3) is 5.69 Å². The van der Waals surface area contributed by atoms with Gasteiger partial charge in [-0.05, 0) is 43.3 Å². The van der Waals surface area contributed by atoms with Crippen molar-refractivity contribution in [1.29, 1.82) is 0 Å². The number of halogens is 3. The smallest absolute Gasteiger partial charge is 0.325 e. The largest absolute Gasteiger partial charge is 0.416 e. The van der Waals surface area contributed by atoms with Crippen LogP contribution < -0.4 is 10.6 Å². The molecule has 0 spiro atoms. The average molecular weight is 402 g/mol. The lowest BCUT2D eigenvalue weighted by molar-refractivity contribution is -0.137. The number of para-hydroxylation sites is 1. The van der Waals surface area contributed by atoms with Gasteiger partial charge in [-0.15, -0.1) is 0 Å². The SMILES string of the molecule is CC(=O)Nc1ccc(C(F)(F)F)cc1NC(=O)c1cc(C)n(-c2ccccc2)n1. The molecule has 0 unspecified atom stereocenters. The number of alkyl halides is 3. The highest BCUT2D eigenvalue weighted by atomic mass is 19.4. The molecule has 0 aliphatic heterocycles. The number of aryl methyl sites for hydroxylation is 1. The number of nitrogens with one attached hydrogen (secondary N) is 2. The van der Waals surface area contributed by atoms with E-state index in [1.165, 1.54) is 13.0 Å². The first-order valence-corrected chi connectivity index (χ1v) is 8.57. The Bertz CT molecular complexity index is 1060. The molecule has 0 atom stereocenters. The number of anilines is 2. The van der Waals surface area contributed by atoms with Gasteiger partial charge in [-0.3, -0.25) is 9.59 Å². The maximum atomic E-state index is 13.1. The van der Waals surface area contributed by atoms with Crippen molar-refractivity contribution in [1.82, 2.24) is 9.78 Å². The maximum Gasteiger partial charge on any atom is 0.416 e. The summed E-state index contributed by atoms with van der Waals surface area (Å²) in [5, 5.41) is 9.04. The van der Waals surface area contributed by atoms with Gasteiger partial charge in [-0.1, -0.05) is 18.2 Å². The lowest BCUT2D eigenvalue weighted by atomic mass is 10.1. The fourth-order valence-corrected chi connectivity index (χ4v) is 2.72. The molecule has 1 aromatic heterocycles. The molecule has 0 aliphatic carbocycles. The summed E-state index contributed by atoms with van der Waals surface area (Å²) >= 11 is 0. The molecule has 0 bridgehead atoms. The van der Waals surface area contributed by atoms with Crippen LogP contribution in [0.2, 0.25) is 0 Å². The van der Waals surface area contributed by atoms with Gasteiger partial charge in [0.2, 0.25) is 5.91 Å². The quantitative estimate of drug-likeness (QED) is 0.679. The van der Waals surface area contributed by atoms with Crippen molar-refractivity contribution in [2.75, 3.05) is 10.6 Å². The number of amides is 2. The summed E-state index contributed by atoms with van der Waals surface area (Å²) in [6.07, 6.45) is -4.60. The molecular formula is C20H17F3N4O2. The topological polar surface area (TPSA) is 76.0 Å². The van der Waals surface area contributed by atoms with E-state index in [9.17, 15) is 22.8 Å². The molecule has 2 N–H and O–H groups in total. The fraction of sp³-hybridized carbons (Fsp3) is 0.150. The van der Waals surface area contributed by atoms with Gasteiger partial charge in [0.1, 0.15) is 0 Å². The number of carbonyl (C=O) groups is 2. The Hall–Kier alpha value is -3.62. The van der Waals surface area contributed by atoms with Crippen LogP contribution in [0.4, 0.5) is 24.5 Å². The van der Waals surface area contributed by atoms with E-state index in [1.807, 2.05) is 30.3 Å². The van der Waals surface area contributed by atoms with Crippen LogP contribution in [0.3, 0.4) is 0 Å². The fourth-order valence-electron chi connectivity index (χ4n) is 2.72. The molecule has 1 heterocycles. The molecule has 0 aliphatic rings. The summed E-state index contributed by atoms with van der Waals surface area (Å²) in [6.45, 7) is 2.97. The second-order valence-electron chi connectivity index (χ2n) is 6.31. The van der Waals surface area contributed by atoms with Crippen LogP contribution >= 0.6 is 0 Å². The summed E-state index contributed by atoms with van der Waals surface area (Å²) in [5.41, 5.74) is 0.366. The van der Waals surface area contributed by atoms with E-state index in [-0.39, 0.29) is 17.1 Å². The highest BCUT2D eigenvalue weighted by Crippen LogP contribution is 2.34. The Morgan fingerprint density at radius 2 is 1.66 bits per heavy atom. The highest BCUT2D eigenvalue weighted by molar-refractivity contribution is 6.06. The van der Waals surface area contributed by atoms with Crippen molar-refractivity contribution in [3.05, 3.63) is 71.5 Å². The monoisotopic (exact) mass is 402 g/mol. The minimum absolute atomic E-state index is 0.0255. The van der Waals surface area contributed by atoms with Gasteiger partial charge in [0.25, 0.3) is 5.91 Å². The highest BCUT2D eigenvalue weighted by Gasteiger charge is 2.31. The number of rotatable bonds is 4. The zero-order valence-corrected chi connectivity index (χ0v) is 15.5. The molecule has 29 heavy (non-hydrogen) atoms. The Kier molecular flexibility index (Phi) is 5.40. The van der Waals surface area contributed by atoms with Crippen LogP contribution in [0.15, 0.2) is 54.6 Å². The molecule has 6 nitrogen and oxygen atoms in total. The first-order valence-electron chi connectivity index (χ1n) is 8.57. The summed E-state index contributed by atoms with van der Waals surface area (Å²) in [7, 11) is 0. The van der Waals surface area contributed by atoms with Crippen molar-refractivity contribution >= 4 is 23.2 Å². The van der Waals surface area contributed by atoms with E-state index in [0.717, 1.165) is 23.9 Å². The van der Waals surface area contributed by atoms with Gasteiger partial charge in [-0.25, -0.2) is 4.68 Å². The van der Waals surface area contributed by atoms with E-state index in [2.05, 4.69) is 15.7 Å². The molecular weight excluding hydrogens is 385 g/mol. The molecule has 2 amide bonds. The van der Waals surface area contributed by atoms with Crippen molar-refractivity contribution in [3.63, 3.8) is 0 Å². The van der Waals surface area contributed by atoms with Gasteiger partial charge in [-0.2, -0.15) is 18.3 Å². The Morgan fingerprint density at radius 1 is 0.966 bits per heavy atom. The van der Waals surface area contributed by atoms with Crippen molar-refractivity contribution < 1.29 is 22.8 Å². The zero-order valence-electron chi connectivity index (χ0n) is 15.5. The van der Waals surface area contributed by atoms with Gasteiger partial charge in [0.15, 0.2) is 5.69 Å². The molecule has 150 valence electrons. The Morgan fingerprint density at radius 3 is 2.28 bits per heavy atom. The zero-order chi connectivity index (χ0) is 21.2. The minimum atomic E-state index is -4.60. The average Bonchev–Trinajstić information content (AvgIpc) is 3.04. The van der Waals surface area contributed by atoms with Crippen LogP contribution in [0.1, 0.15) is 28.7 Å². The van der Waals surface area contributed by atoms with Gasteiger partial charge >= 0.3 is 6.18 Å². The molecule has 2 aromatic carbocycles. The molecule has 0 fully saturated rings. The number of aromatic nitrogens is 2. The molecule has 0 saturated carbocycles. The summed E-state index contributed by atoms with van der Waals surface area (Å²) in [5.74, 6) is -1.18. The Balaban J connectivity index is 1.93. The van der Waals surface area contributed by atoms with E-state index in [4.69, 9.17) is 0 Å². The molecule has 0 radical (unpaired) electrons.